The van der Waals surface area contributed by atoms with Crippen LogP contribution >= 0.6 is 11.8 Å². The monoisotopic (exact) mass is 211 g/mol. The number of rotatable bonds is 5. The van der Waals surface area contributed by atoms with Crippen LogP contribution in [0.1, 0.15) is 12.5 Å². The van der Waals surface area contributed by atoms with E-state index >= 15 is 0 Å². The molecule has 2 N–H and O–H groups in total. The van der Waals surface area contributed by atoms with Crippen molar-refractivity contribution < 1.29 is 4.74 Å². The van der Waals surface area contributed by atoms with Crippen LogP contribution in [0.15, 0.2) is 18.2 Å². The Kier molecular flexibility index (Phi) is 4.66. The second-order valence-corrected chi connectivity index (χ2v) is 4.46. The highest BCUT2D eigenvalue weighted by atomic mass is 32.2. The molecule has 0 aliphatic carbocycles. The molecule has 0 spiro atoms. The molecule has 3 heteroatoms. The molecule has 0 saturated carbocycles. The van der Waals surface area contributed by atoms with Crippen molar-refractivity contribution in [1.82, 2.24) is 0 Å². The molecule has 2 nitrogen and oxygen atoms in total. The van der Waals surface area contributed by atoms with E-state index in [1.54, 1.807) is 0 Å². The molecule has 1 aromatic carbocycles. The second kappa shape index (κ2) is 5.81. The second-order valence-electron chi connectivity index (χ2n) is 3.06. The number of anilines is 1. The van der Waals surface area contributed by atoms with Crippen LogP contribution in [0.5, 0.6) is 5.75 Å². The molecule has 0 saturated heterocycles. The summed E-state index contributed by atoms with van der Waals surface area (Å²) >= 11 is 1.89. The van der Waals surface area contributed by atoms with E-state index in [4.69, 9.17) is 10.5 Å². The summed E-state index contributed by atoms with van der Waals surface area (Å²) in [6.07, 6.45) is 0. The number of nitrogen functional groups attached to an aromatic ring is 1. The molecule has 0 amide bonds. The fourth-order valence-corrected chi connectivity index (χ4v) is 1.59. The number of benzene rings is 1. The molecule has 1 aromatic rings. The van der Waals surface area contributed by atoms with Gasteiger partial charge in [-0.15, -0.1) is 0 Å². The first-order valence-electron chi connectivity index (χ1n) is 4.80. The van der Waals surface area contributed by atoms with Crippen molar-refractivity contribution in [3.8, 4) is 5.75 Å². The molecule has 0 heterocycles. The molecule has 0 radical (unpaired) electrons. The average molecular weight is 211 g/mol. The van der Waals surface area contributed by atoms with Gasteiger partial charge in [0.2, 0.25) is 0 Å². The fourth-order valence-electron chi connectivity index (χ4n) is 1.10. The molecule has 1 rings (SSSR count). The maximum absolute atomic E-state index is 5.71. The van der Waals surface area contributed by atoms with Crippen LogP contribution in [0, 0.1) is 6.92 Å². The van der Waals surface area contributed by atoms with Gasteiger partial charge in [-0.2, -0.15) is 11.8 Å². The Morgan fingerprint density at radius 1 is 1.43 bits per heavy atom. The Morgan fingerprint density at radius 3 is 2.86 bits per heavy atom. The third-order valence-corrected chi connectivity index (χ3v) is 2.81. The highest BCUT2D eigenvalue weighted by Crippen LogP contribution is 2.18. The van der Waals surface area contributed by atoms with Crippen LogP contribution in [0.25, 0.3) is 0 Å². The van der Waals surface area contributed by atoms with Gasteiger partial charge in [-0.3, -0.25) is 0 Å². The third-order valence-electron chi connectivity index (χ3n) is 1.94. The SMILES string of the molecule is CCSCCOc1ccc(N)c(C)c1. The van der Waals surface area contributed by atoms with Gasteiger partial charge >= 0.3 is 0 Å². The number of aryl methyl sites for hydroxylation is 1. The van der Waals surface area contributed by atoms with Gasteiger partial charge in [-0.25, -0.2) is 0 Å². The number of hydrogen-bond donors (Lipinski definition) is 1. The van der Waals surface area contributed by atoms with E-state index in [1.807, 2.05) is 36.9 Å². The number of nitrogens with two attached hydrogens (primary N) is 1. The number of ether oxygens (including phenoxy) is 1. The standard InChI is InChI=1S/C11H17NOS/c1-3-14-7-6-13-10-4-5-11(12)9(2)8-10/h4-5,8H,3,6-7,12H2,1-2H3. The van der Waals surface area contributed by atoms with Gasteiger partial charge in [-0.1, -0.05) is 6.92 Å². The largest absolute Gasteiger partial charge is 0.493 e. The van der Waals surface area contributed by atoms with Crippen molar-refractivity contribution in [1.29, 1.82) is 0 Å². The summed E-state index contributed by atoms with van der Waals surface area (Å²) in [4.78, 5) is 0. The van der Waals surface area contributed by atoms with Gasteiger partial charge in [0, 0.05) is 11.4 Å². The van der Waals surface area contributed by atoms with E-state index in [0.717, 1.165) is 35.1 Å². The zero-order valence-corrected chi connectivity index (χ0v) is 9.56. The van der Waals surface area contributed by atoms with Crippen LogP contribution in [-0.2, 0) is 0 Å². The maximum Gasteiger partial charge on any atom is 0.119 e. The highest BCUT2D eigenvalue weighted by Gasteiger charge is 1.97. The zero-order chi connectivity index (χ0) is 10.4. The predicted molar refractivity (Wildman–Crippen MR) is 64.1 cm³/mol. The van der Waals surface area contributed by atoms with Gasteiger partial charge in [0.05, 0.1) is 6.61 Å². The topological polar surface area (TPSA) is 35.2 Å². The molecule has 0 aromatic heterocycles. The molecule has 0 aliphatic rings. The van der Waals surface area contributed by atoms with Crippen molar-refractivity contribution in [3.63, 3.8) is 0 Å². The number of hydrogen-bond acceptors (Lipinski definition) is 3. The smallest absolute Gasteiger partial charge is 0.119 e. The first-order valence-corrected chi connectivity index (χ1v) is 5.96. The van der Waals surface area contributed by atoms with Crippen molar-refractivity contribution in [2.24, 2.45) is 0 Å². The minimum Gasteiger partial charge on any atom is -0.493 e. The Hall–Kier alpha value is -0.830. The van der Waals surface area contributed by atoms with Gasteiger partial charge < -0.3 is 10.5 Å². The van der Waals surface area contributed by atoms with E-state index < -0.39 is 0 Å². The lowest BCUT2D eigenvalue weighted by Gasteiger charge is -2.07. The summed E-state index contributed by atoms with van der Waals surface area (Å²) in [5, 5.41) is 0. The molecule has 0 aliphatic heterocycles. The Balaban J connectivity index is 2.39. The number of thioether (sulfide) groups is 1. The van der Waals surface area contributed by atoms with Crippen molar-refractivity contribution >= 4 is 17.4 Å². The summed E-state index contributed by atoms with van der Waals surface area (Å²) in [5.41, 5.74) is 7.60. The Bertz CT molecular complexity index is 289. The summed E-state index contributed by atoms with van der Waals surface area (Å²) in [7, 11) is 0. The van der Waals surface area contributed by atoms with Gasteiger partial charge in [0.1, 0.15) is 5.75 Å². The van der Waals surface area contributed by atoms with Crippen LogP contribution in [0.3, 0.4) is 0 Å². The minimum atomic E-state index is 0.766. The first kappa shape index (κ1) is 11.2. The van der Waals surface area contributed by atoms with E-state index in [0.29, 0.717) is 0 Å². The lowest BCUT2D eigenvalue weighted by Crippen LogP contribution is -2.01. The minimum absolute atomic E-state index is 0.766. The molecule has 78 valence electrons. The molecular weight excluding hydrogens is 194 g/mol. The summed E-state index contributed by atoms with van der Waals surface area (Å²) in [6.45, 7) is 4.91. The van der Waals surface area contributed by atoms with Gasteiger partial charge in [-0.05, 0) is 36.4 Å². The van der Waals surface area contributed by atoms with E-state index in [2.05, 4.69) is 6.92 Å². The molecule has 14 heavy (non-hydrogen) atoms. The molecular formula is C11H17NOS. The maximum atomic E-state index is 5.71. The van der Waals surface area contributed by atoms with Crippen LogP contribution in [-0.4, -0.2) is 18.1 Å². The fraction of sp³-hybridized carbons (Fsp3) is 0.455. The van der Waals surface area contributed by atoms with Crippen LogP contribution in [0.4, 0.5) is 5.69 Å². The van der Waals surface area contributed by atoms with Gasteiger partial charge in [0.15, 0.2) is 0 Å². The molecule has 0 fully saturated rings. The van der Waals surface area contributed by atoms with Crippen LogP contribution in [0.2, 0.25) is 0 Å². The summed E-state index contributed by atoms with van der Waals surface area (Å²) < 4.78 is 5.57. The van der Waals surface area contributed by atoms with Crippen molar-refractivity contribution in [2.75, 3.05) is 23.8 Å². The van der Waals surface area contributed by atoms with E-state index in [9.17, 15) is 0 Å². The van der Waals surface area contributed by atoms with Gasteiger partial charge in [0.25, 0.3) is 0 Å². The summed E-state index contributed by atoms with van der Waals surface area (Å²) in [5.74, 6) is 3.10. The van der Waals surface area contributed by atoms with E-state index in [-0.39, 0.29) is 0 Å². The lowest BCUT2D eigenvalue weighted by atomic mass is 10.2. The highest BCUT2D eigenvalue weighted by molar-refractivity contribution is 7.99. The van der Waals surface area contributed by atoms with Crippen molar-refractivity contribution in [3.05, 3.63) is 23.8 Å². The zero-order valence-electron chi connectivity index (χ0n) is 8.75. The predicted octanol–water partition coefficient (Wildman–Crippen LogP) is 2.71. The Labute approximate surface area is 89.8 Å². The Morgan fingerprint density at radius 2 is 2.21 bits per heavy atom. The quantitative estimate of drug-likeness (QED) is 0.601. The average Bonchev–Trinajstić information content (AvgIpc) is 2.18. The lowest BCUT2D eigenvalue weighted by molar-refractivity contribution is 0.344. The molecule has 0 atom stereocenters. The first-order chi connectivity index (χ1) is 6.74. The molecule has 0 unspecified atom stereocenters. The van der Waals surface area contributed by atoms with Crippen LogP contribution < -0.4 is 10.5 Å². The third kappa shape index (κ3) is 3.50. The normalized spacial score (nSPS) is 10.1. The van der Waals surface area contributed by atoms with Crippen molar-refractivity contribution in [2.45, 2.75) is 13.8 Å². The molecule has 0 bridgehead atoms. The van der Waals surface area contributed by atoms with E-state index in [1.165, 1.54) is 0 Å². The summed E-state index contributed by atoms with van der Waals surface area (Å²) in [6, 6.07) is 5.78.